The summed E-state index contributed by atoms with van der Waals surface area (Å²) >= 11 is 0. The van der Waals surface area contributed by atoms with E-state index in [0.29, 0.717) is 29.1 Å². The van der Waals surface area contributed by atoms with Crippen molar-refractivity contribution in [1.29, 1.82) is 0 Å². The van der Waals surface area contributed by atoms with Crippen LogP contribution in [-0.4, -0.2) is 28.4 Å². The van der Waals surface area contributed by atoms with Gasteiger partial charge in [0.05, 0.1) is 19.2 Å². The number of aromatic nitrogens is 2. The lowest BCUT2D eigenvalue weighted by Crippen LogP contribution is -1.97. The highest BCUT2D eigenvalue weighted by Gasteiger charge is 2.11. The Balaban J connectivity index is 2.27. The quantitative estimate of drug-likeness (QED) is 0.868. The first-order valence-electron chi connectivity index (χ1n) is 5.70. The van der Waals surface area contributed by atoms with Crippen molar-refractivity contribution in [3.05, 3.63) is 35.8 Å². The summed E-state index contributed by atoms with van der Waals surface area (Å²) < 4.78 is 18.4. The van der Waals surface area contributed by atoms with Crippen molar-refractivity contribution < 1.29 is 19.0 Å². The van der Waals surface area contributed by atoms with E-state index < -0.39 is 5.97 Å². The van der Waals surface area contributed by atoms with Crippen LogP contribution in [-0.2, 0) is 11.2 Å². The highest BCUT2D eigenvalue weighted by Crippen LogP contribution is 2.29. The van der Waals surface area contributed by atoms with Gasteiger partial charge < -0.3 is 9.84 Å². The van der Waals surface area contributed by atoms with Crippen molar-refractivity contribution in [2.45, 2.75) is 12.8 Å². The minimum Gasteiger partial charge on any atom is -0.496 e. The molecular formula is C13H13FN2O3. The van der Waals surface area contributed by atoms with Crippen LogP contribution in [0, 0.1) is 5.82 Å². The number of nitrogens with one attached hydrogen (secondary N) is 1. The number of aromatic amines is 1. The Morgan fingerprint density at radius 1 is 1.47 bits per heavy atom. The van der Waals surface area contributed by atoms with Gasteiger partial charge in [0.25, 0.3) is 0 Å². The molecule has 0 atom stereocenters. The smallest absolute Gasteiger partial charge is 0.303 e. The molecule has 2 rings (SSSR count). The molecule has 1 aromatic heterocycles. The van der Waals surface area contributed by atoms with E-state index in [9.17, 15) is 9.18 Å². The van der Waals surface area contributed by atoms with Crippen molar-refractivity contribution in [3.8, 4) is 17.0 Å². The molecule has 0 unspecified atom stereocenters. The molecule has 1 aromatic carbocycles. The first kappa shape index (κ1) is 13.1. The summed E-state index contributed by atoms with van der Waals surface area (Å²) in [5, 5.41) is 15.4. The van der Waals surface area contributed by atoms with Gasteiger partial charge in [0.1, 0.15) is 11.6 Å². The van der Waals surface area contributed by atoms with E-state index in [-0.39, 0.29) is 12.2 Å². The third-order valence-corrected chi connectivity index (χ3v) is 2.68. The third-order valence-electron chi connectivity index (χ3n) is 2.68. The predicted molar refractivity (Wildman–Crippen MR) is 66.5 cm³/mol. The number of ether oxygens (including phenoxy) is 1. The second kappa shape index (κ2) is 5.51. The molecule has 1 heterocycles. The summed E-state index contributed by atoms with van der Waals surface area (Å²) in [4.78, 5) is 10.5. The molecule has 0 fully saturated rings. The molecule has 2 aromatic rings. The van der Waals surface area contributed by atoms with Crippen LogP contribution in [0.25, 0.3) is 11.3 Å². The van der Waals surface area contributed by atoms with Gasteiger partial charge >= 0.3 is 5.97 Å². The van der Waals surface area contributed by atoms with E-state index in [1.54, 1.807) is 6.07 Å². The van der Waals surface area contributed by atoms with Crippen LogP contribution in [0.15, 0.2) is 24.3 Å². The summed E-state index contributed by atoms with van der Waals surface area (Å²) in [5.41, 5.74) is 1.74. The van der Waals surface area contributed by atoms with Gasteiger partial charge in [0.2, 0.25) is 0 Å². The SMILES string of the molecule is COc1ccc(F)cc1-c1cc(CCC(=O)O)[nH]n1. The largest absolute Gasteiger partial charge is 0.496 e. The van der Waals surface area contributed by atoms with E-state index in [1.165, 1.54) is 25.3 Å². The molecule has 5 nitrogen and oxygen atoms in total. The number of carboxylic acids is 1. The normalized spacial score (nSPS) is 10.4. The van der Waals surface area contributed by atoms with Crippen molar-refractivity contribution >= 4 is 5.97 Å². The molecule has 6 heteroatoms. The molecule has 0 saturated heterocycles. The fourth-order valence-electron chi connectivity index (χ4n) is 1.75. The molecule has 0 bridgehead atoms. The van der Waals surface area contributed by atoms with Crippen LogP contribution in [0.5, 0.6) is 5.75 Å². The van der Waals surface area contributed by atoms with Crippen LogP contribution >= 0.6 is 0 Å². The summed E-state index contributed by atoms with van der Waals surface area (Å²) in [5.74, 6) is -0.747. The van der Waals surface area contributed by atoms with Gasteiger partial charge in [-0.15, -0.1) is 0 Å². The number of benzene rings is 1. The average molecular weight is 264 g/mol. The van der Waals surface area contributed by atoms with Gasteiger partial charge in [-0.25, -0.2) is 4.39 Å². The maximum absolute atomic E-state index is 13.3. The summed E-state index contributed by atoms with van der Waals surface area (Å²) in [7, 11) is 1.49. The number of carbonyl (C=O) groups is 1. The molecule has 0 spiro atoms. The number of methoxy groups -OCH3 is 1. The first-order valence-corrected chi connectivity index (χ1v) is 5.70. The lowest BCUT2D eigenvalue weighted by molar-refractivity contribution is -0.136. The predicted octanol–water partition coefficient (Wildman–Crippen LogP) is 2.24. The van der Waals surface area contributed by atoms with Crippen molar-refractivity contribution in [1.82, 2.24) is 10.2 Å². The maximum Gasteiger partial charge on any atom is 0.303 e. The fourth-order valence-corrected chi connectivity index (χ4v) is 1.75. The summed E-state index contributed by atoms with van der Waals surface area (Å²) in [6.07, 6.45) is 0.363. The zero-order chi connectivity index (χ0) is 13.8. The number of aryl methyl sites for hydroxylation is 1. The number of nitrogens with zero attached hydrogens (tertiary/aromatic N) is 1. The van der Waals surface area contributed by atoms with Crippen LogP contribution in [0.2, 0.25) is 0 Å². The zero-order valence-corrected chi connectivity index (χ0v) is 10.3. The molecule has 0 aliphatic carbocycles. The monoisotopic (exact) mass is 264 g/mol. The van der Waals surface area contributed by atoms with Gasteiger partial charge in [0, 0.05) is 11.3 Å². The van der Waals surface area contributed by atoms with Crippen LogP contribution < -0.4 is 4.74 Å². The average Bonchev–Trinajstić information content (AvgIpc) is 2.85. The van der Waals surface area contributed by atoms with Gasteiger partial charge in [-0.05, 0) is 30.7 Å². The number of rotatable bonds is 5. The number of halogens is 1. The fraction of sp³-hybridized carbons (Fsp3) is 0.231. The molecular weight excluding hydrogens is 251 g/mol. The van der Waals surface area contributed by atoms with Gasteiger partial charge in [-0.3, -0.25) is 9.89 Å². The van der Waals surface area contributed by atoms with E-state index in [4.69, 9.17) is 9.84 Å². The Hall–Kier alpha value is -2.37. The summed E-state index contributed by atoms with van der Waals surface area (Å²) in [6, 6.07) is 5.85. The number of hydrogen-bond donors (Lipinski definition) is 2. The van der Waals surface area contributed by atoms with Crippen LogP contribution in [0.4, 0.5) is 4.39 Å². The lowest BCUT2D eigenvalue weighted by Gasteiger charge is -2.05. The van der Waals surface area contributed by atoms with E-state index in [1.807, 2.05) is 0 Å². The topological polar surface area (TPSA) is 75.2 Å². The second-order valence-corrected chi connectivity index (χ2v) is 4.02. The Morgan fingerprint density at radius 3 is 2.95 bits per heavy atom. The number of H-pyrrole nitrogens is 1. The van der Waals surface area contributed by atoms with Gasteiger partial charge in [-0.2, -0.15) is 5.10 Å². The van der Waals surface area contributed by atoms with Crippen LogP contribution in [0.3, 0.4) is 0 Å². The minimum atomic E-state index is -0.875. The maximum atomic E-state index is 13.3. The molecule has 0 aliphatic rings. The molecule has 0 saturated carbocycles. The lowest BCUT2D eigenvalue weighted by atomic mass is 10.1. The number of carboxylic acid groups (broad SMARTS) is 1. The zero-order valence-electron chi connectivity index (χ0n) is 10.3. The number of hydrogen-bond acceptors (Lipinski definition) is 3. The standard InChI is InChI=1S/C13H13FN2O3/c1-19-12-4-2-8(14)6-10(12)11-7-9(15-16-11)3-5-13(17)18/h2,4,6-7H,3,5H2,1H3,(H,15,16)(H,17,18). The highest BCUT2D eigenvalue weighted by molar-refractivity contribution is 5.68. The van der Waals surface area contributed by atoms with Crippen LogP contribution in [0.1, 0.15) is 12.1 Å². The molecule has 100 valence electrons. The third kappa shape index (κ3) is 3.09. The first-order chi connectivity index (χ1) is 9.10. The molecule has 0 aliphatic heterocycles. The molecule has 0 radical (unpaired) electrons. The minimum absolute atomic E-state index is 0.0158. The van der Waals surface area contributed by atoms with Gasteiger partial charge in [-0.1, -0.05) is 0 Å². The van der Waals surface area contributed by atoms with E-state index >= 15 is 0 Å². The molecule has 0 amide bonds. The molecule has 19 heavy (non-hydrogen) atoms. The highest BCUT2D eigenvalue weighted by atomic mass is 19.1. The Morgan fingerprint density at radius 2 is 2.26 bits per heavy atom. The van der Waals surface area contributed by atoms with E-state index in [2.05, 4.69) is 10.2 Å². The second-order valence-electron chi connectivity index (χ2n) is 4.02. The van der Waals surface area contributed by atoms with Gasteiger partial charge in [0.15, 0.2) is 0 Å². The van der Waals surface area contributed by atoms with Crippen molar-refractivity contribution in [2.75, 3.05) is 7.11 Å². The number of aliphatic carboxylic acids is 1. The van der Waals surface area contributed by atoms with Crippen molar-refractivity contribution in [3.63, 3.8) is 0 Å². The Kier molecular flexibility index (Phi) is 3.79. The van der Waals surface area contributed by atoms with E-state index in [0.717, 1.165) is 0 Å². The Labute approximate surface area is 109 Å². The Bertz CT molecular complexity index is 595. The van der Waals surface area contributed by atoms with Crippen molar-refractivity contribution in [2.24, 2.45) is 0 Å². The molecule has 2 N–H and O–H groups in total. The summed E-state index contributed by atoms with van der Waals surface area (Å²) in [6.45, 7) is 0.